The normalized spacial score (nSPS) is 15.6. The van der Waals surface area contributed by atoms with Gasteiger partial charge in [0.05, 0.1) is 16.5 Å². The number of ketones is 1. The monoisotopic (exact) mass is 471 g/mol. The van der Waals surface area contributed by atoms with Gasteiger partial charge in [-0.1, -0.05) is 42.5 Å². The van der Waals surface area contributed by atoms with Crippen LogP contribution < -0.4 is 9.64 Å². The molecule has 3 aromatic carbocycles. The number of halogens is 1. The smallest absolute Gasteiger partial charge is 0.294 e. The maximum Gasteiger partial charge on any atom is 0.294 e. The van der Waals surface area contributed by atoms with Gasteiger partial charge in [-0.05, 0) is 59.5 Å². The Kier molecular flexibility index (Phi) is 5.69. The second-order valence-corrected chi connectivity index (χ2v) is 8.56. The molecule has 1 unspecified atom stereocenters. The Bertz CT molecular complexity index is 1400. The van der Waals surface area contributed by atoms with Crippen LogP contribution in [-0.2, 0) is 4.79 Å². The molecular weight excluding hydrogens is 453 g/mol. The van der Waals surface area contributed by atoms with Gasteiger partial charge < -0.3 is 9.84 Å². The Balaban J connectivity index is 1.62. The molecule has 1 atom stereocenters. The third kappa shape index (κ3) is 3.97. The van der Waals surface area contributed by atoms with Crippen molar-refractivity contribution in [3.05, 3.63) is 124 Å². The zero-order valence-electron chi connectivity index (χ0n) is 17.7. The van der Waals surface area contributed by atoms with Gasteiger partial charge >= 0.3 is 0 Å². The molecule has 34 heavy (non-hydrogen) atoms. The Hall–Kier alpha value is -4.23. The van der Waals surface area contributed by atoms with Crippen molar-refractivity contribution in [3.63, 3.8) is 0 Å². The van der Waals surface area contributed by atoms with Crippen molar-refractivity contribution >= 4 is 28.7 Å². The number of Topliss-reactive ketones (excluding diaryl/α,β-unsaturated/α-hetero) is 1. The van der Waals surface area contributed by atoms with Gasteiger partial charge in [0.25, 0.3) is 5.91 Å². The molecule has 0 fully saturated rings. The molecule has 1 aromatic heterocycles. The number of carbonyl (C=O) groups is 2. The molecule has 1 aliphatic heterocycles. The largest absolute Gasteiger partial charge is 0.503 e. The molecule has 0 aliphatic carbocycles. The minimum Gasteiger partial charge on any atom is -0.503 e. The van der Waals surface area contributed by atoms with E-state index in [1.54, 1.807) is 47.8 Å². The van der Waals surface area contributed by atoms with Gasteiger partial charge in [0, 0.05) is 5.69 Å². The number of thiophene rings is 1. The van der Waals surface area contributed by atoms with E-state index in [1.165, 1.54) is 34.4 Å². The molecule has 5 rings (SSSR count). The van der Waals surface area contributed by atoms with E-state index in [2.05, 4.69) is 0 Å². The van der Waals surface area contributed by atoms with Crippen LogP contribution >= 0.6 is 11.3 Å². The fraction of sp³-hybridized carbons (Fsp3) is 0.0370. The van der Waals surface area contributed by atoms with Crippen molar-refractivity contribution in [2.45, 2.75) is 6.04 Å². The average Bonchev–Trinajstić information content (AvgIpc) is 3.47. The minimum atomic E-state index is -0.969. The molecule has 7 heteroatoms. The lowest BCUT2D eigenvalue weighted by Crippen LogP contribution is -2.31. The minimum absolute atomic E-state index is 0.0615. The SMILES string of the molecule is O=C(C1=C(O)C(=O)N(c2cccc(F)c2)C1c1cccc(Oc2ccccc2)c1)c1cccs1. The van der Waals surface area contributed by atoms with E-state index in [0.29, 0.717) is 21.9 Å². The molecule has 0 radical (unpaired) electrons. The molecule has 0 bridgehead atoms. The molecular formula is C27H18FNO4S. The first-order valence-corrected chi connectivity index (χ1v) is 11.3. The number of amides is 1. The summed E-state index contributed by atoms with van der Waals surface area (Å²) < 4.78 is 20.0. The molecule has 2 heterocycles. The number of anilines is 1. The fourth-order valence-corrected chi connectivity index (χ4v) is 4.64. The maximum absolute atomic E-state index is 14.1. The number of hydrogen-bond acceptors (Lipinski definition) is 5. The molecule has 168 valence electrons. The van der Waals surface area contributed by atoms with Crippen LogP contribution in [0.4, 0.5) is 10.1 Å². The molecule has 1 N–H and O–H groups in total. The quantitative estimate of drug-likeness (QED) is 0.328. The van der Waals surface area contributed by atoms with Gasteiger partial charge in [-0.3, -0.25) is 14.5 Å². The van der Waals surface area contributed by atoms with E-state index < -0.39 is 29.3 Å². The Morgan fingerprint density at radius 3 is 2.41 bits per heavy atom. The summed E-state index contributed by atoms with van der Waals surface area (Å²) in [6, 6.07) is 24.0. The number of ether oxygens (including phenoxy) is 1. The molecule has 1 amide bonds. The number of carbonyl (C=O) groups excluding carboxylic acids is 2. The number of aliphatic hydroxyl groups is 1. The number of aliphatic hydroxyl groups excluding tert-OH is 1. The standard InChI is InChI=1S/C27H18FNO4S/c28-18-8-5-9-19(16-18)29-24(23(26(31)27(29)32)25(30)22-13-6-14-34-22)17-7-4-12-21(15-17)33-20-10-2-1-3-11-20/h1-16,24,31H. The first-order valence-electron chi connectivity index (χ1n) is 10.5. The lowest BCUT2D eigenvalue weighted by Gasteiger charge is -2.27. The number of benzene rings is 3. The Morgan fingerprint density at radius 1 is 0.912 bits per heavy atom. The van der Waals surface area contributed by atoms with Crippen molar-refractivity contribution in [1.29, 1.82) is 0 Å². The number of rotatable bonds is 6. The number of hydrogen-bond donors (Lipinski definition) is 1. The highest BCUT2D eigenvalue weighted by molar-refractivity contribution is 7.12. The second-order valence-electron chi connectivity index (χ2n) is 7.61. The molecule has 0 spiro atoms. The summed E-state index contributed by atoms with van der Waals surface area (Å²) in [5.41, 5.74) is 0.702. The van der Waals surface area contributed by atoms with Crippen LogP contribution in [0.5, 0.6) is 11.5 Å². The summed E-state index contributed by atoms with van der Waals surface area (Å²) in [4.78, 5) is 28.2. The maximum atomic E-state index is 14.1. The lowest BCUT2D eigenvalue weighted by atomic mass is 9.95. The molecule has 0 saturated carbocycles. The van der Waals surface area contributed by atoms with Crippen LogP contribution in [0, 0.1) is 5.82 Å². The van der Waals surface area contributed by atoms with Gasteiger partial charge in [0.2, 0.25) is 5.78 Å². The first kappa shape index (κ1) is 21.6. The predicted octanol–water partition coefficient (Wildman–Crippen LogP) is 6.46. The average molecular weight is 472 g/mol. The van der Waals surface area contributed by atoms with E-state index in [0.717, 1.165) is 0 Å². The van der Waals surface area contributed by atoms with Gasteiger partial charge in [0.15, 0.2) is 5.76 Å². The van der Waals surface area contributed by atoms with E-state index in [9.17, 15) is 19.1 Å². The third-order valence-corrected chi connectivity index (χ3v) is 6.31. The van der Waals surface area contributed by atoms with Crippen LogP contribution in [0.3, 0.4) is 0 Å². The Labute approximate surface area is 199 Å². The van der Waals surface area contributed by atoms with Gasteiger partial charge in [-0.25, -0.2) is 4.39 Å². The van der Waals surface area contributed by atoms with E-state index in [1.807, 2.05) is 30.3 Å². The summed E-state index contributed by atoms with van der Waals surface area (Å²) in [5, 5.41) is 12.6. The van der Waals surface area contributed by atoms with Gasteiger partial charge in [0.1, 0.15) is 17.3 Å². The van der Waals surface area contributed by atoms with Gasteiger partial charge in [-0.15, -0.1) is 11.3 Å². The lowest BCUT2D eigenvalue weighted by molar-refractivity contribution is -0.117. The second kappa shape index (κ2) is 8.96. The topological polar surface area (TPSA) is 66.8 Å². The van der Waals surface area contributed by atoms with Crippen molar-refractivity contribution < 1.29 is 23.8 Å². The summed E-state index contributed by atoms with van der Waals surface area (Å²) in [5.74, 6) is -1.31. The van der Waals surface area contributed by atoms with E-state index >= 15 is 0 Å². The van der Waals surface area contributed by atoms with E-state index in [4.69, 9.17) is 4.74 Å². The van der Waals surface area contributed by atoms with Crippen LogP contribution in [0.2, 0.25) is 0 Å². The zero-order valence-corrected chi connectivity index (χ0v) is 18.5. The van der Waals surface area contributed by atoms with Gasteiger partial charge in [-0.2, -0.15) is 0 Å². The Morgan fingerprint density at radius 2 is 1.68 bits per heavy atom. The van der Waals surface area contributed by atoms with Crippen molar-refractivity contribution in [2.75, 3.05) is 4.90 Å². The summed E-state index contributed by atoms with van der Waals surface area (Å²) in [6.45, 7) is 0. The van der Waals surface area contributed by atoms with E-state index in [-0.39, 0.29) is 11.3 Å². The van der Waals surface area contributed by atoms with Crippen LogP contribution in [-0.4, -0.2) is 16.8 Å². The summed E-state index contributed by atoms with van der Waals surface area (Å²) in [6.07, 6.45) is 0. The van der Waals surface area contributed by atoms with Crippen molar-refractivity contribution in [2.24, 2.45) is 0 Å². The fourth-order valence-electron chi connectivity index (χ4n) is 3.96. The van der Waals surface area contributed by atoms with Crippen molar-refractivity contribution in [1.82, 2.24) is 0 Å². The molecule has 4 aromatic rings. The first-order chi connectivity index (χ1) is 16.5. The zero-order chi connectivity index (χ0) is 23.7. The summed E-state index contributed by atoms with van der Waals surface area (Å²) in [7, 11) is 0. The van der Waals surface area contributed by atoms with Crippen molar-refractivity contribution in [3.8, 4) is 11.5 Å². The molecule has 5 nitrogen and oxygen atoms in total. The third-order valence-electron chi connectivity index (χ3n) is 5.44. The molecule has 0 saturated heterocycles. The predicted molar refractivity (Wildman–Crippen MR) is 128 cm³/mol. The highest BCUT2D eigenvalue weighted by Gasteiger charge is 2.45. The number of nitrogens with zero attached hydrogens (tertiary/aromatic N) is 1. The number of para-hydroxylation sites is 1. The highest BCUT2D eigenvalue weighted by Crippen LogP contribution is 2.43. The van der Waals surface area contributed by atoms with Crippen LogP contribution in [0.15, 0.2) is 108 Å². The highest BCUT2D eigenvalue weighted by atomic mass is 32.1. The summed E-state index contributed by atoms with van der Waals surface area (Å²) >= 11 is 1.21. The van der Waals surface area contributed by atoms with Crippen LogP contribution in [0.1, 0.15) is 21.3 Å². The van der Waals surface area contributed by atoms with Crippen LogP contribution in [0.25, 0.3) is 0 Å². The molecule has 1 aliphatic rings.